The van der Waals surface area contributed by atoms with Gasteiger partial charge in [0.25, 0.3) is 0 Å². The number of hydrogen-bond acceptors (Lipinski definition) is 2. The molecule has 0 aliphatic heterocycles. The maximum absolute atomic E-state index is 9.04. The molecule has 1 aromatic rings. The summed E-state index contributed by atoms with van der Waals surface area (Å²) in [7, 11) is -1.35. The van der Waals surface area contributed by atoms with E-state index in [4.69, 9.17) is 10.0 Å². The zero-order chi connectivity index (χ0) is 10.9. The molecule has 0 aromatic heterocycles. The zero-order valence-corrected chi connectivity index (χ0v) is 8.88. The third kappa shape index (κ3) is 0.914. The highest BCUT2D eigenvalue weighted by molar-refractivity contribution is 6.58. The van der Waals surface area contributed by atoms with Gasteiger partial charge in [-0.15, -0.1) is 0 Å². The highest BCUT2D eigenvalue weighted by Crippen LogP contribution is 2.71. The van der Waals surface area contributed by atoms with Crippen LogP contribution in [0.1, 0.15) is 17.9 Å². The minimum absolute atomic E-state index is 0.582. The van der Waals surface area contributed by atoms with Gasteiger partial charge in [-0.3, -0.25) is 0 Å². The molecule has 2 saturated carbocycles. The second-order valence-electron chi connectivity index (χ2n) is 5.28. The van der Waals surface area contributed by atoms with Crippen LogP contribution in [0.2, 0.25) is 0 Å². The van der Waals surface area contributed by atoms with E-state index in [0.717, 1.165) is 17.8 Å². The van der Waals surface area contributed by atoms with E-state index >= 15 is 0 Å². The topological polar surface area (TPSA) is 40.5 Å². The molecule has 4 atom stereocenters. The molecule has 0 saturated heterocycles. The van der Waals surface area contributed by atoms with Crippen molar-refractivity contribution in [3.05, 3.63) is 41.5 Å². The Morgan fingerprint density at radius 1 is 1.06 bits per heavy atom. The van der Waals surface area contributed by atoms with Crippen LogP contribution in [0.15, 0.2) is 35.9 Å². The smallest absolute Gasteiger partial charge is 0.423 e. The molecule has 1 aromatic carbocycles. The second kappa shape index (κ2) is 2.79. The SMILES string of the molecule is OB(O)c1ccc(C2C3CC4=C[C@H]2[C@H]43)cc1. The van der Waals surface area contributed by atoms with Crippen molar-refractivity contribution in [2.75, 3.05) is 0 Å². The van der Waals surface area contributed by atoms with Crippen LogP contribution in [0, 0.1) is 17.8 Å². The zero-order valence-electron chi connectivity index (χ0n) is 8.88. The van der Waals surface area contributed by atoms with E-state index in [1.54, 1.807) is 5.57 Å². The molecule has 2 fully saturated rings. The lowest BCUT2D eigenvalue weighted by Gasteiger charge is -2.67. The van der Waals surface area contributed by atoms with Gasteiger partial charge in [-0.05, 0) is 41.1 Å². The van der Waals surface area contributed by atoms with E-state index in [-0.39, 0.29) is 0 Å². The molecule has 0 radical (unpaired) electrons. The normalized spacial score (nSPS) is 37.5. The highest BCUT2D eigenvalue weighted by Gasteiger charge is 2.62. The monoisotopic (exact) mass is 212 g/mol. The van der Waals surface area contributed by atoms with Crippen LogP contribution in [0.5, 0.6) is 0 Å². The van der Waals surface area contributed by atoms with E-state index in [2.05, 4.69) is 18.2 Å². The van der Waals surface area contributed by atoms with Gasteiger partial charge in [0.15, 0.2) is 0 Å². The summed E-state index contributed by atoms with van der Waals surface area (Å²) in [6.45, 7) is 0. The summed E-state index contributed by atoms with van der Waals surface area (Å²) in [5, 5.41) is 18.1. The van der Waals surface area contributed by atoms with Crippen LogP contribution in [-0.4, -0.2) is 17.2 Å². The summed E-state index contributed by atoms with van der Waals surface area (Å²) in [4.78, 5) is 0. The van der Waals surface area contributed by atoms with Gasteiger partial charge in [0, 0.05) is 0 Å². The van der Waals surface area contributed by atoms with Crippen molar-refractivity contribution < 1.29 is 10.0 Å². The first kappa shape index (κ1) is 9.02. The van der Waals surface area contributed by atoms with Gasteiger partial charge in [0.2, 0.25) is 0 Å². The third-order valence-corrected chi connectivity index (χ3v) is 4.68. The summed E-state index contributed by atoms with van der Waals surface area (Å²) in [5.41, 5.74) is 3.64. The first-order valence-corrected chi connectivity index (χ1v) is 5.92. The van der Waals surface area contributed by atoms with Crippen molar-refractivity contribution >= 4 is 12.6 Å². The Bertz CT molecular complexity index is 477. The quantitative estimate of drug-likeness (QED) is 0.558. The van der Waals surface area contributed by atoms with Crippen molar-refractivity contribution in [1.29, 1.82) is 0 Å². The lowest BCUT2D eigenvalue weighted by molar-refractivity contribution is -0.00598. The first-order valence-electron chi connectivity index (χ1n) is 5.92. The molecule has 2 unspecified atom stereocenters. The maximum Gasteiger partial charge on any atom is 0.488 e. The van der Waals surface area contributed by atoms with Crippen LogP contribution in [0.25, 0.3) is 0 Å². The average molecular weight is 212 g/mol. The van der Waals surface area contributed by atoms with E-state index in [1.165, 1.54) is 12.0 Å². The summed E-state index contributed by atoms with van der Waals surface area (Å²) in [6.07, 6.45) is 3.74. The number of rotatable bonds is 2. The molecule has 2 N–H and O–H groups in total. The predicted octanol–water partition coefficient (Wildman–Crippen LogP) is 0.656. The van der Waals surface area contributed by atoms with Crippen LogP contribution in [0.4, 0.5) is 0 Å². The Hall–Kier alpha value is -1.06. The van der Waals surface area contributed by atoms with Crippen LogP contribution in [0.3, 0.4) is 0 Å². The van der Waals surface area contributed by atoms with Crippen molar-refractivity contribution in [2.24, 2.45) is 17.8 Å². The summed E-state index contributed by atoms with van der Waals surface area (Å²) in [5.74, 6) is 3.30. The molecule has 3 aliphatic rings. The molecule has 0 amide bonds. The Morgan fingerprint density at radius 2 is 1.81 bits per heavy atom. The molecule has 0 bridgehead atoms. The fourth-order valence-electron chi connectivity index (χ4n) is 3.77. The van der Waals surface area contributed by atoms with Crippen molar-refractivity contribution in [3.63, 3.8) is 0 Å². The molecular weight excluding hydrogens is 199 g/mol. The van der Waals surface area contributed by atoms with Crippen LogP contribution in [-0.2, 0) is 0 Å². The molecule has 2 nitrogen and oxygen atoms in total. The molecule has 3 heteroatoms. The van der Waals surface area contributed by atoms with Gasteiger partial charge < -0.3 is 10.0 Å². The fourth-order valence-corrected chi connectivity index (χ4v) is 3.77. The molecule has 80 valence electrons. The van der Waals surface area contributed by atoms with Gasteiger partial charge in [-0.25, -0.2) is 0 Å². The summed E-state index contributed by atoms with van der Waals surface area (Å²) in [6, 6.07) is 7.77. The van der Waals surface area contributed by atoms with Gasteiger partial charge >= 0.3 is 7.12 Å². The molecule has 16 heavy (non-hydrogen) atoms. The third-order valence-electron chi connectivity index (χ3n) is 4.68. The van der Waals surface area contributed by atoms with E-state index in [9.17, 15) is 0 Å². The molecule has 0 heterocycles. The van der Waals surface area contributed by atoms with Gasteiger partial charge in [-0.1, -0.05) is 35.9 Å². The van der Waals surface area contributed by atoms with Gasteiger partial charge in [0.1, 0.15) is 0 Å². The average Bonchev–Trinajstić information content (AvgIpc) is 2.28. The van der Waals surface area contributed by atoms with E-state index in [0.29, 0.717) is 11.4 Å². The summed E-state index contributed by atoms with van der Waals surface area (Å²) >= 11 is 0. The lowest BCUT2D eigenvalue weighted by Crippen LogP contribution is -2.58. The highest BCUT2D eigenvalue weighted by atomic mass is 16.4. The Balaban J connectivity index is 1.62. The lowest BCUT2D eigenvalue weighted by atomic mass is 9.37. The van der Waals surface area contributed by atoms with E-state index < -0.39 is 7.12 Å². The number of hydrogen-bond donors (Lipinski definition) is 2. The van der Waals surface area contributed by atoms with Gasteiger partial charge in [-0.2, -0.15) is 0 Å². The van der Waals surface area contributed by atoms with Crippen LogP contribution >= 0.6 is 0 Å². The maximum atomic E-state index is 9.04. The fraction of sp³-hybridized carbons (Fsp3) is 0.385. The predicted molar refractivity (Wildman–Crippen MR) is 62.2 cm³/mol. The molecule has 3 aliphatic carbocycles. The largest absolute Gasteiger partial charge is 0.488 e. The molecular formula is C13H13BO2. The second-order valence-corrected chi connectivity index (χ2v) is 5.28. The van der Waals surface area contributed by atoms with Crippen LogP contribution < -0.4 is 5.46 Å². The van der Waals surface area contributed by atoms with Crippen molar-refractivity contribution in [3.8, 4) is 0 Å². The minimum atomic E-state index is -1.35. The minimum Gasteiger partial charge on any atom is -0.423 e. The first-order chi connectivity index (χ1) is 7.75. The Kier molecular flexibility index (Phi) is 1.57. The summed E-state index contributed by atoms with van der Waals surface area (Å²) < 4.78 is 0. The van der Waals surface area contributed by atoms with E-state index in [1.807, 2.05) is 12.1 Å². The molecule has 4 rings (SSSR count). The van der Waals surface area contributed by atoms with Crippen molar-refractivity contribution in [2.45, 2.75) is 12.3 Å². The Labute approximate surface area is 94.8 Å². The van der Waals surface area contributed by atoms with Crippen molar-refractivity contribution in [1.82, 2.24) is 0 Å². The number of allylic oxidation sites excluding steroid dienone is 2. The standard InChI is InChI=1S/C13H13BO2/c15-14(16)9-3-1-7(2-4-9)12-10-5-8-6-11(12)13(8)10/h1-5,10-13,15-16H,6H2/t10-,11?,12?,13+/m1/s1. The molecule has 0 spiro atoms. The van der Waals surface area contributed by atoms with Gasteiger partial charge in [0.05, 0.1) is 0 Å². The number of benzene rings is 1. The Morgan fingerprint density at radius 3 is 2.25 bits per heavy atom.